The Morgan fingerprint density at radius 3 is 2.59 bits per heavy atom. The normalized spacial score (nSPS) is 25.3. The van der Waals surface area contributed by atoms with Crippen LogP contribution in [0.3, 0.4) is 0 Å². The molecule has 5 nitrogen and oxygen atoms in total. The zero-order valence-corrected chi connectivity index (χ0v) is 12.8. The Morgan fingerprint density at radius 2 is 1.95 bits per heavy atom. The Kier molecular flexibility index (Phi) is 4.43. The molecule has 1 heterocycles. The van der Waals surface area contributed by atoms with Gasteiger partial charge in [-0.15, -0.1) is 0 Å². The maximum Gasteiger partial charge on any atom is 0.227 e. The van der Waals surface area contributed by atoms with Gasteiger partial charge in [-0.25, -0.2) is 0 Å². The second kappa shape index (κ2) is 6.48. The topological polar surface area (TPSA) is 75.4 Å². The number of hydrogen-bond donors (Lipinski definition) is 2. The standard InChI is InChI=1S/C17H23N3O2/c18-13-4-1-3-12(11-13)17(22)19-14-6-8-15(9-7-14)20-10-2-5-16(20)21/h6-9,12-13H,1-5,10-11,18H2,(H,19,22). The number of carbonyl (C=O) groups excluding carboxylic acids is 2. The molecule has 22 heavy (non-hydrogen) atoms. The molecule has 1 aromatic carbocycles. The molecule has 0 aromatic heterocycles. The number of amides is 2. The van der Waals surface area contributed by atoms with Crippen molar-refractivity contribution in [3.05, 3.63) is 24.3 Å². The predicted octanol–water partition coefficient (Wildman–Crippen LogP) is 2.27. The first-order chi connectivity index (χ1) is 10.6. The average Bonchev–Trinajstić information content (AvgIpc) is 2.94. The summed E-state index contributed by atoms with van der Waals surface area (Å²) < 4.78 is 0. The summed E-state index contributed by atoms with van der Waals surface area (Å²) in [5.74, 6) is 0.247. The van der Waals surface area contributed by atoms with Crippen molar-refractivity contribution in [1.29, 1.82) is 0 Å². The van der Waals surface area contributed by atoms with E-state index in [1.54, 1.807) is 4.90 Å². The third kappa shape index (κ3) is 3.30. The zero-order valence-electron chi connectivity index (χ0n) is 12.8. The van der Waals surface area contributed by atoms with Crippen LogP contribution in [0.4, 0.5) is 11.4 Å². The molecule has 1 saturated carbocycles. The molecule has 3 rings (SSSR count). The molecular weight excluding hydrogens is 278 g/mol. The van der Waals surface area contributed by atoms with Crippen LogP contribution in [0.1, 0.15) is 38.5 Å². The van der Waals surface area contributed by atoms with Crippen LogP contribution in [0.25, 0.3) is 0 Å². The van der Waals surface area contributed by atoms with Gasteiger partial charge in [0.15, 0.2) is 0 Å². The maximum atomic E-state index is 12.3. The van der Waals surface area contributed by atoms with Crippen molar-refractivity contribution >= 4 is 23.2 Å². The number of hydrogen-bond acceptors (Lipinski definition) is 3. The zero-order chi connectivity index (χ0) is 15.5. The summed E-state index contributed by atoms with van der Waals surface area (Å²) in [5, 5.41) is 2.96. The highest BCUT2D eigenvalue weighted by atomic mass is 16.2. The minimum atomic E-state index is 0.0172. The molecule has 1 aliphatic carbocycles. The smallest absolute Gasteiger partial charge is 0.227 e. The van der Waals surface area contributed by atoms with Gasteiger partial charge >= 0.3 is 0 Å². The Hall–Kier alpha value is -1.88. The fourth-order valence-corrected chi connectivity index (χ4v) is 3.36. The number of anilines is 2. The molecule has 2 unspecified atom stereocenters. The molecule has 5 heteroatoms. The predicted molar refractivity (Wildman–Crippen MR) is 86.6 cm³/mol. The van der Waals surface area contributed by atoms with E-state index in [0.29, 0.717) is 6.42 Å². The number of benzene rings is 1. The molecule has 2 aliphatic rings. The molecule has 2 fully saturated rings. The number of carbonyl (C=O) groups is 2. The lowest BCUT2D eigenvalue weighted by atomic mass is 9.85. The summed E-state index contributed by atoms with van der Waals surface area (Å²) in [6, 6.07) is 7.66. The minimum absolute atomic E-state index is 0.0172. The SMILES string of the molecule is NC1CCCC(C(=O)Nc2ccc(N3CCCC3=O)cc2)C1. The van der Waals surface area contributed by atoms with Crippen LogP contribution >= 0.6 is 0 Å². The first-order valence-corrected chi connectivity index (χ1v) is 8.10. The van der Waals surface area contributed by atoms with Crippen LogP contribution in [0.2, 0.25) is 0 Å². The first-order valence-electron chi connectivity index (χ1n) is 8.10. The maximum absolute atomic E-state index is 12.3. The molecule has 0 radical (unpaired) electrons. The van der Waals surface area contributed by atoms with E-state index in [1.165, 1.54) is 0 Å². The van der Waals surface area contributed by atoms with Gasteiger partial charge in [-0.1, -0.05) is 6.42 Å². The van der Waals surface area contributed by atoms with E-state index in [2.05, 4.69) is 5.32 Å². The lowest BCUT2D eigenvalue weighted by molar-refractivity contribution is -0.121. The Bertz CT molecular complexity index is 556. The second-order valence-corrected chi connectivity index (χ2v) is 6.31. The summed E-state index contributed by atoms with van der Waals surface area (Å²) in [5.41, 5.74) is 7.62. The van der Waals surface area contributed by atoms with Gasteiger partial charge in [0.2, 0.25) is 11.8 Å². The highest BCUT2D eigenvalue weighted by molar-refractivity contribution is 5.96. The molecular formula is C17H23N3O2. The molecule has 0 spiro atoms. The monoisotopic (exact) mass is 301 g/mol. The van der Waals surface area contributed by atoms with Crippen LogP contribution in [-0.2, 0) is 9.59 Å². The minimum Gasteiger partial charge on any atom is -0.328 e. The van der Waals surface area contributed by atoms with Crippen LogP contribution < -0.4 is 16.0 Å². The van der Waals surface area contributed by atoms with E-state index in [0.717, 1.165) is 50.0 Å². The van der Waals surface area contributed by atoms with Crippen molar-refractivity contribution in [3.8, 4) is 0 Å². The van der Waals surface area contributed by atoms with Gasteiger partial charge in [0.1, 0.15) is 0 Å². The van der Waals surface area contributed by atoms with Gasteiger partial charge in [0, 0.05) is 36.3 Å². The molecule has 2 amide bonds. The van der Waals surface area contributed by atoms with E-state index >= 15 is 0 Å². The Morgan fingerprint density at radius 1 is 1.18 bits per heavy atom. The van der Waals surface area contributed by atoms with E-state index in [9.17, 15) is 9.59 Å². The van der Waals surface area contributed by atoms with Gasteiger partial charge in [0.05, 0.1) is 0 Å². The van der Waals surface area contributed by atoms with E-state index in [-0.39, 0.29) is 23.8 Å². The average molecular weight is 301 g/mol. The molecule has 118 valence electrons. The molecule has 3 N–H and O–H groups in total. The molecule has 2 atom stereocenters. The van der Waals surface area contributed by atoms with Crippen molar-refractivity contribution in [1.82, 2.24) is 0 Å². The first kappa shape index (κ1) is 15.0. The quantitative estimate of drug-likeness (QED) is 0.899. The Labute approximate surface area is 130 Å². The summed E-state index contributed by atoms with van der Waals surface area (Å²) in [6.45, 7) is 0.782. The van der Waals surface area contributed by atoms with Crippen molar-refractivity contribution in [3.63, 3.8) is 0 Å². The van der Waals surface area contributed by atoms with Gasteiger partial charge in [0.25, 0.3) is 0 Å². The highest BCUT2D eigenvalue weighted by Crippen LogP contribution is 2.26. The number of rotatable bonds is 3. The van der Waals surface area contributed by atoms with Gasteiger partial charge < -0.3 is 16.0 Å². The number of nitrogens with one attached hydrogen (secondary N) is 1. The largest absolute Gasteiger partial charge is 0.328 e. The summed E-state index contributed by atoms with van der Waals surface area (Å²) in [6.07, 6.45) is 5.27. The summed E-state index contributed by atoms with van der Waals surface area (Å²) >= 11 is 0. The van der Waals surface area contributed by atoms with Crippen LogP contribution in [-0.4, -0.2) is 24.4 Å². The lowest BCUT2D eigenvalue weighted by Gasteiger charge is -2.25. The number of nitrogens with zero attached hydrogens (tertiary/aromatic N) is 1. The molecule has 0 bridgehead atoms. The van der Waals surface area contributed by atoms with Gasteiger partial charge in [-0.3, -0.25) is 9.59 Å². The highest BCUT2D eigenvalue weighted by Gasteiger charge is 2.25. The summed E-state index contributed by atoms with van der Waals surface area (Å²) in [7, 11) is 0. The van der Waals surface area contributed by atoms with Crippen molar-refractivity contribution < 1.29 is 9.59 Å². The van der Waals surface area contributed by atoms with Crippen molar-refractivity contribution in [2.24, 2.45) is 11.7 Å². The second-order valence-electron chi connectivity index (χ2n) is 6.31. The third-order valence-electron chi connectivity index (χ3n) is 4.61. The van der Waals surface area contributed by atoms with Gasteiger partial charge in [-0.05, 0) is 49.9 Å². The Balaban J connectivity index is 1.61. The van der Waals surface area contributed by atoms with Gasteiger partial charge in [-0.2, -0.15) is 0 Å². The number of nitrogens with two attached hydrogens (primary N) is 1. The third-order valence-corrected chi connectivity index (χ3v) is 4.61. The molecule has 1 aromatic rings. The van der Waals surface area contributed by atoms with Crippen molar-refractivity contribution in [2.45, 2.75) is 44.6 Å². The van der Waals surface area contributed by atoms with Crippen LogP contribution in [0.5, 0.6) is 0 Å². The molecule has 1 aliphatic heterocycles. The molecule has 1 saturated heterocycles. The lowest BCUT2D eigenvalue weighted by Crippen LogP contribution is -2.34. The van der Waals surface area contributed by atoms with E-state index in [1.807, 2.05) is 24.3 Å². The van der Waals surface area contributed by atoms with Crippen molar-refractivity contribution in [2.75, 3.05) is 16.8 Å². The van der Waals surface area contributed by atoms with E-state index in [4.69, 9.17) is 5.73 Å². The summed E-state index contributed by atoms with van der Waals surface area (Å²) in [4.78, 5) is 25.8. The van der Waals surface area contributed by atoms with E-state index < -0.39 is 0 Å². The van der Waals surface area contributed by atoms with Crippen LogP contribution in [0, 0.1) is 5.92 Å². The fraction of sp³-hybridized carbons (Fsp3) is 0.529. The fourth-order valence-electron chi connectivity index (χ4n) is 3.36. The van der Waals surface area contributed by atoms with Crippen LogP contribution in [0.15, 0.2) is 24.3 Å².